The Morgan fingerprint density at radius 3 is 2.55 bits per heavy atom. The van der Waals surface area contributed by atoms with Crippen molar-refractivity contribution in [3.05, 3.63) is 108 Å². The Kier molecular flexibility index (Phi) is 11.9. The maximum absolute atomic E-state index is 4.60. The van der Waals surface area contributed by atoms with Gasteiger partial charge in [0, 0.05) is 29.2 Å². The third-order valence-corrected chi connectivity index (χ3v) is 6.57. The lowest BCUT2D eigenvalue weighted by Gasteiger charge is -2.13. The van der Waals surface area contributed by atoms with Crippen LogP contribution in [0.2, 0.25) is 0 Å². The summed E-state index contributed by atoms with van der Waals surface area (Å²) in [7, 11) is 2.82. The maximum atomic E-state index is 4.60. The van der Waals surface area contributed by atoms with Crippen molar-refractivity contribution in [2.75, 3.05) is 5.32 Å². The predicted octanol–water partition coefficient (Wildman–Crippen LogP) is 8.33. The number of rotatable bonds is 12. The minimum atomic E-state index is 0.663. The van der Waals surface area contributed by atoms with Gasteiger partial charge in [0.15, 0.2) is 0 Å². The third kappa shape index (κ3) is 8.46. The van der Waals surface area contributed by atoms with E-state index in [0.717, 1.165) is 52.9 Å². The monoisotopic (exact) mass is 522 g/mol. The second kappa shape index (κ2) is 15.6. The molecule has 0 fully saturated rings. The number of hydrogen-bond donors (Lipinski definition) is 1. The van der Waals surface area contributed by atoms with Crippen molar-refractivity contribution < 1.29 is 0 Å². The Morgan fingerprint density at radius 1 is 1.00 bits per heavy atom. The smallest absolute Gasteiger partial charge is 0.137 e. The van der Waals surface area contributed by atoms with E-state index < -0.39 is 0 Å². The fourth-order valence-electron chi connectivity index (χ4n) is 3.86. The summed E-state index contributed by atoms with van der Waals surface area (Å²) < 4.78 is 0. The molecule has 0 bridgehead atoms. The number of aryl methyl sites for hydroxylation is 1. The molecular formula is C33H39N4P. The van der Waals surface area contributed by atoms with Crippen LogP contribution >= 0.6 is 9.24 Å². The van der Waals surface area contributed by atoms with Crippen molar-refractivity contribution in [1.29, 1.82) is 0 Å². The Morgan fingerprint density at radius 2 is 1.82 bits per heavy atom. The van der Waals surface area contributed by atoms with Crippen LogP contribution in [0.4, 0.5) is 5.82 Å². The van der Waals surface area contributed by atoms with Gasteiger partial charge in [-0.1, -0.05) is 102 Å². The predicted molar refractivity (Wildman–Crippen MR) is 170 cm³/mol. The third-order valence-electron chi connectivity index (χ3n) is 6.02. The molecule has 0 aliphatic carbocycles. The van der Waals surface area contributed by atoms with Crippen molar-refractivity contribution in [2.45, 2.75) is 53.5 Å². The quantitative estimate of drug-likeness (QED) is 0.148. The first-order valence-corrected chi connectivity index (χ1v) is 13.9. The van der Waals surface area contributed by atoms with E-state index in [0.29, 0.717) is 6.54 Å². The largest absolute Gasteiger partial charge is 0.365 e. The number of allylic oxidation sites excluding steroid dienone is 6. The number of aromatic nitrogens is 2. The average molecular weight is 523 g/mol. The van der Waals surface area contributed by atoms with E-state index in [1.807, 2.05) is 13.1 Å². The topological polar surface area (TPSA) is 50.2 Å². The van der Waals surface area contributed by atoms with Crippen LogP contribution in [-0.4, -0.2) is 16.2 Å². The maximum Gasteiger partial charge on any atom is 0.137 e. The summed E-state index contributed by atoms with van der Waals surface area (Å²) in [5.41, 5.74) is 7.61. The lowest BCUT2D eigenvalue weighted by molar-refractivity contribution is 0.959. The number of hydrogen-bond acceptors (Lipinski definition) is 4. The van der Waals surface area contributed by atoms with Crippen molar-refractivity contribution in [2.24, 2.45) is 4.99 Å². The molecule has 0 aliphatic heterocycles. The van der Waals surface area contributed by atoms with Gasteiger partial charge in [0.1, 0.15) is 12.1 Å². The number of unbranched alkanes of at least 4 members (excludes halogenated alkanes) is 1. The Bertz CT molecular complexity index is 1330. The van der Waals surface area contributed by atoms with Crippen LogP contribution in [-0.2, 0) is 6.54 Å². The molecule has 0 saturated carbocycles. The van der Waals surface area contributed by atoms with Crippen LogP contribution < -0.4 is 10.6 Å². The summed E-state index contributed by atoms with van der Waals surface area (Å²) in [6.07, 6.45) is 21.5. The van der Waals surface area contributed by atoms with Crippen LogP contribution in [0.15, 0.2) is 90.2 Å². The summed E-state index contributed by atoms with van der Waals surface area (Å²) in [5, 5.41) is 4.44. The highest BCUT2D eigenvalue weighted by molar-refractivity contribution is 7.28. The highest BCUT2D eigenvalue weighted by Crippen LogP contribution is 2.24. The summed E-state index contributed by atoms with van der Waals surface area (Å²) in [4.78, 5) is 13.6. The number of aliphatic imine (C=N–C) groups is 1. The van der Waals surface area contributed by atoms with E-state index in [4.69, 9.17) is 0 Å². The van der Waals surface area contributed by atoms with E-state index in [9.17, 15) is 0 Å². The Labute approximate surface area is 230 Å². The average Bonchev–Trinajstić information content (AvgIpc) is 2.93. The molecule has 0 aliphatic rings. The Balaban J connectivity index is 1.75. The van der Waals surface area contributed by atoms with Crippen LogP contribution in [0, 0.1) is 6.92 Å². The lowest BCUT2D eigenvalue weighted by atomic mass is 10.0. The zero-order valence-electron chi connectivity index (χ0n) is 23.0. The van der Waals surface area contributed by atoms with E-state index in [1.54, 1.807) is 6.33 Å². The normalized spacial score (nSPS) is 12.5. The number of nitrogens with one attached hydrogen (secondary N) is 1. The second-order valence-corrected chi connectivity index (χ2v) is 9.54. The van der Waals surface area contributed by atoms with Crippen molar-refractivity contribution in [3.63, 3.8) is 0 Å². The summed E-state index contributed by atoms with van der Waals surface area (Å²) in [6, 6.07) is 14.9. The fraction of sp³-hybridized carbons (Fsp3) is 0.242. The van der Waals surface area contributed by atoms with Gasteiger partial charge in [0.05, 0.1) is 11.4 Å². The van der Waals surface area contributed by atoms with Gasteiger partial charge in [0.25, 0.3) is 0 Å². The highest BCUT2D eigenvalue weighted by atomic mass is 31.0. The van der Waals surface area contributed by atoms with Crippen LogP contribution in [0.5, 0.6) is 0 Å². The molecule has 1 aromatic heterocycles. The van der Waals surface area contributed by atoms with E-state index in [-0.39, 0.29) is 0 Å². The van der Waals surface area contributed by atoms with E-state index in [1.165, 1.54) is 16.7 Å². The first-order chi connectivity index (χ1) is 18.6. The van der Waals surface area contributed by atoms with Crippen LogP contribution in [0.1, 0.15) is 62.3 Å². The second-order valence-electron chi connectivity index (χ2n) is 8.96. The molecule has 0 radical (unpaired) electrons. The molecule has 0 amide bonds. The number of benzene rings is 2. The minimum absolute atomic E-state index is 0.663. The summed E-state index contributed by atoms with van der Waals surface area (Å²) in [6.45, 7) is 9.04. The van der Waals surface area contributed by atoms with Crippen molar-refractivity contribution in [3.8, 4) is 11.3 Å². The van der Waals surface area contributed by atoms with Gasteiger partial charge in [-0.15, -0.1) is 0 Å². The number of anilines is 1. The first kappa shape index (κ1) is 28.9. The molecule has 5 heteroatoms. The lowest BCUT2D eigenvalue weighted by Crippen LogP contribution is -2.12. The molecule has 0 saturated heterocycles. The number of nitrogens with zero attached hydrogens (tertiary/aromatic N) is 3. The van der Waals surface area contributed by atoms with Crippen molar-refractivity contribution in [1.82, 2.24) is 9.97 Å². The molecule has 4 nitrogen and oxygen atoms in total. The molecule has 2 aromatic carbocycles. The molecule has 0 spiro atoms. The molecule has 1 atom stereocenters. The van der Waals surface area contributed by atoms with Gasteiger partial charge in [0.2, 0.25) is 0 Å². The standard InChI is InChI=1S/C33H39N4P/c1-5-8-10-11-13-14-28-22-29(19-16-25(28)4)31-32(38)33(37-24-36-31)35-23-26-17-20-27(21-18-26)30(34-7-3)15-12-9-6-2/h7,9-22,24H,5-6,8,23,38H2,1-4H3,(H,35,36,37)/b11-10+,12-9+,14-13-,30-15-,34-7-. The Hall–Kier alpha value is -3.62. The molecule has 1 heterocycles. The fourth-order valence-corrected chi connectivity index (χ4v) is 4.28. The minimum Gasteiger partial charge on any atom is -0.365 e. The summed E-state index contributed by atoms with van der Waals surface area (Å²) >= 11 is 0. The van der Waals surface area contributed by atoms with Gasteiger partial charge >= 0.3 is 0 Å². The summed E-state index contributed by atoms with van der Waals surface area (Å²) in [5.74, 6) is 0.810. The zero-order valence-corrected chi connectivity index (χ0v) is 24.1. The van der Waals surface area contributed by atoms with Crippen molar-refractivity contribution >= 4 is 38.3 Å². The van der Waals surface area contributed by atoms with Gasteiger partial charge in [-0.3, -0.25) is 4.99 Å². The molecule has 3 aromatic rings. The molecule has 196 valence electrons. The SMILES string of the molecule is C\C=N/C(=C\C=C\CC)c1ccc(CNc2ncnc(-c3ccc(C)c(/C=C\C=C\CCC)c3)c2P)cc1. The van der Waals surface area contributed by atoms with Crippen LogP contribution in [0.3, 0.4) is 0 Å². The van der Waals surface area contributed by atoms with E-state index >= 15 is 0 Å². The molecule has 1 unspecified atom stereocenters. The van der Waals surface area contributed by atoms with Crippen LogP contribution in [0.25, 0.3) is 23.0 Å². The molecular weight excluding hydrogens is 483 g/mol. The van der Waals surface area contributed by atoms with Gasteiger partial charge in [-0.25, -0.2) is 9.97 Å². The zero-order chi connectivity index (χ0) is 27.2. The van der Waals surface area contributed by atoms with E-state index in [2.05, 4.69) is 135 Å². The first-order valence-electron chi connectivity index (χ1n) is 13.3. The molecule has 3 rings (SSSR count). The molecule has 38 heavy (non-hydrogen) atoms. The highest BCUT2D eigenvalue weighted by Gasteiger charge is 2.11. The van der Waals surface area contributed by atoms with Gasteiger partial charge in [-0.2, -0.15) is 0 Å². The molecule has 1 N–H and O–H groups in total. The van der Waals surface area contributed by atoms with Gasteiger partial charge < -0.3 is 5.32 Å². The van der Waals surface area contributed by atoms with Gasteiger partial charge in [-0.05, 0) is 55.5 Å².